The first kappa shape index (κ1) is 24.7. The van der Waals surface area contributed by atoms with Gasteiger partial charge in [0, 0.05) is 64.3 Å². The van der Waals surface area contributed by atoms with E-state index in [9.17, 15) is 4.39 Å². The quantitative estimate of drug-likeness (QED) is 0.256. The van der Waals surface area contributed by atoms with Gasteiger partial charge in [-0.05, 0) is 50.5 Å². The predicted molar refractivity (Wildman–Crippen MR) is 137 cm³/mol. The standard InChI is InChI=1S/C23H34FN7.HI/c1-2-25-23(30-17-15-29(16-18-30)20-11-9-19(24)10-12-20)26-13-6-8-22-28-27-21-7-4-3-5-14-31(21)22;/h9-12H,2-8,13-18H2,1H3,(H,25,26);1H. The third kappa shape index (κ3) is 6.32. The molecule has 1 aromatic carbocycles. The highest BCUT2D eigenvalue weighted by Crippen LogP contribution is 2.17. The Bertz CT molecular complexity index is 860. The highest BCUT2D eigenvalue weighted by atomic mass is 127. The molecule has 1 fully saturated rings. The van der Waals surface area contributed by atoms with Crippen LogP contribution in [-0.4, -0.2) is 64.9 Å². The van der Waals surface area contributed by atoms with E-state index < -0.39 is 0 Å². The summed E-state index contributed by atoms with van der Waals surface area (Å²) in [6.07, 6.45) is 6.69. The normalized spacial score (nSPS) is 16.9. The molecule has 0 bridgehead atoms. The van der Waals surface area contributed by atoms with Crippen LogP contribution in [0.3, 0.4) is 0 Å². The van der Waals surface area contributed by atoms with Crippen molar-refractivity contribution >= 4 is 35.6 Å². The zero-order chi connectivity index (χ0) is 21.5. The van der Waals surface area contributed by atoms with E-state index in [0.717, 1.165) is 88.4 Å². The Balaban J connectivity index is 0.00000289. The molecular formula is C23H35FIN7. The molecular weight excluding hydrogens is 520 g/mol. The lowest BCUT2D eigenvalue weighted by atomic mass is 10.2. The first-order chi connectivity index (χ1) is 15.2. The van der Waals surface area contributed by atoms with Gasteiger partial charge in [-0.15, -0.1) is 34.2 Å². The van der Waals surface area contributed by atoms with Crippen LogP contribution in [0, 0.1) is 5.82 Å². The third-order valence-electron chi connectivity index (χ3n) is 6.11. The molecule has 0 saturated carbocycles. The number of rotatable bonds is 6. The second kappa shape index (κ2) is 12.4. The Morgan fingerprint density at radius 1 is 1.03 bits per heavy atom. The maximum Gasteiger partial charge on any atom is 0.194 e. The summed E-state index contributed by atoms with van der Waals surface area (Å²) in [6.45, 7) is 8.42. The smallest absolute Gasteiger partial charge is 0.194 e. The molecule has 32 heavy (non-hydrogen) atoms. The lowest BCUT2D eigenvalue weighted by Gasteiger charge is -2.37. The van der Waals surface area contributed by atoms with E-state index in [1.54, 1.807) is 0 Å². The van der Waals surface area contributed by atoms with Gasteiger partial charge in [0.25, 0.3) is 0 Å². The van der Waals surface area contributed by atoms with Gasteiger partial charge in [0.1, 0.15) is 17.5 Å². The minimum Gasteiger partial charge on any atom is -0.368 e. The van der Waals surface area contributed by atoms with Crippen LogP contribution in [-0.2, 0) is 19.4 Å². The number of hydrogen-bond donors (Lipinski definition) is 1. The third-order valence-corrected chi connectivity index (χ3v) is 6.11. The molecule has 0 unspecified atom stereocenters. The fourth-order valence-electron chi connectivity index (χ4n) is 4.41. The van der Waals surface area contributed by atoms with Gasteiger partial charge in [-0.3, -0.25) is 4.99 Å². The number of anilines is 1. The van der Waals surface area contributed by atoms with Gasteiger partial charge in [0.2, 0.25) is 0 Å². The molecule has 3 heterocycles. The molecule has 1 aromatic heterocycles. The monoisotopic (exact) mass is 555 g/mol. The van der Waals surface area contributed by atoms with Gasteiger partial charge < -0.3 is 19.7 Å². The van der Waals surface area contributed by atoms with Crippen molar-refractivity contribution < 1.29 is 4.39 Å². The summed E-state index contributed by atoms with van der Waals surface area (Å²) in [7, 11) is 0. The fourth-order valence-corrected chi connectivity index (χ4v) is 4.41. The average molecular weight is 555 g/mol. The average Bonchev–Trinajstić information content (AvgIpc) is 3.02. The number of nitrogens with zero attached hydrogens (tertiary/aromatic N) is 6. The molecule has 2 aliphatic heterocycles. The Kier molecular flexibility index (Phi) is 9.55. The van der Waals surface area contributed by atoms with Gasteiger partial charge in [-0.2, -0.15) is 0 Å². The summed E-state index contributed by atoms with van der Waals surface area (Å²) in [5.41, 5.74) is 1.08. The summed E-state index contributed by atoms with van der Waals surface area (Å²) < 4.78 is 15.5. The number of benzene rings is 1. The molecule has 0 spiro atoms. The van der Waals surface area contributed by atoms with Crippen LogP contribution in [0.2, 0.25) is 0 Å². The number of halogens is 2. The lowest BCUT2D eigenvalue weighted by Crippen LogP contribution is -2.52. The minimum absolute atomic E-state index is 0. The number of fused-ring (bicyclic) bond motifs is 1. The molecule has 7 nitrogen and oxygen atoms in total. The molecule has 0 atom stereocenters. The number of aromatic nitrogens is 3. The Morgan fingerprint density at radius 2 is 1.81 bits per heavy atom. The van der Waals surface area contributed by atoms with Gasteiger partial charge in [0.15, 0.2) is 5.96 Å². The maximum absolute atomic E-state index is 13.2. The van der Waals surface area contributed by atoms with E-state index in [1.807, 2.05) is 12.1 Å². The summed E-state index contributed by atoms with van der Waals surface area (Å²) in [5, 5.41) is 12.3. The topological polar surface area (TPSA) is 61.6 Å². The first-order valence-corrected chi connectivity index (χ1v) is 11.7. The van der Waals surface area contributed by atoms with Crippen molar-refractivity contribution in [2.75, 3.05) is 44.2 Å². The van der Waals surface area contributed by atoms with Crippen molar-refractivity contribution in [3.05, 3.63) is 41.7 Å². The predicted octanol–water partition coefficient (Wildman–Crippen LogP) is 3.48. The SMILES string of the molecule is CCNC(=NCCCc1nnc2n1CCCCC2)N1CCN(c2ccc(F)cc2)CC1.I. The second-order valence-corrected chi connectivity index (χ2v) is 8.28. The highest BCUT2D eigenvalue weighted by molar-refractivity contribution is 14.0. The Hall–Kier alpha value is -1.91. The van der Waals surface area contributed by atoms with Gasteiger partial charge >= 0.3 is 0 Å². The molecule has 2 aromatic rings. The van der Waals surface area contributed by atoms with E-state index in [2.05, 4.69) is 36.8 Å². The zero-order valence-electron chi connectivity index (χ0n) is 19.0. The summed E-state index contributed by atoms with van der Waals surface area (Å²) in [6, 6.07) is 6.77. The van der Waals surface area contributed by atoms with Gasteiger partial charge in [0.05, 0.1) is 0 Å². The number of piperazine rings is 1. The lowest BCUT2D eigenvalue weighted by molar-refractivity contribution is 0.372. The van der Waals surface area contributed by atoms with Crippen LogP contribution in [0.25, 0.3) is 0 Å². The summed E-state index contributed by atoms with van der Waals surface area (Å²) in [5.74, 6) is 3.07. The van der Waals surface area contributed by atoms with Crippen LogP contribution in [0.1, 0.15) is 44.3 Å². The fraction of sp³-hybridized carbons (Fsp3) is 0.609. The van der Waals surface area contributed by atoms with Crippen molar-refractivity contribution in [1.82, 2.24) is 25.0 Å². The van der Waals surface area contributed by atoms with Crippen LogP contribution < -0.4 is 10.2 Å². The highest BCUT2D eigenvalue weighted by Gasteiger charge is 2.20. The van der Waals surface area contributed by atoms with Gasteiger partial charge in [-0.1, -0.05) is 6.42 Å². The van der Waals surface area contributed by atoms with Crippen molar-refractivity contribution in [3.63, 3.8) is 0 Å². The number of nitrogens with one attached hydrogen (secondary N) is 1. The van der Waals surface area contributed by atoms with Crippen LogP contribution >= 0.6 is 24.0 Å². The van der Waals surface area contributed by atoms with E-state index in [1.165, 1.54) is 31.4 Å². The molecule has 1 saturated heterocycles. The maximum atomic E-state index is 13.2. The van der Waals surface area contributed by atoms with E-state index in [0.29, 0.717) is 0 Å². The van der Waals surface area contributed by atoms with E-state index in [4.69, 9.17) is 4.99 Å². The number of aliphatic imine (C=N–C) groups is 1. The summed E-state index contributed by atoms with van der Waals surface area (Å²) >= 11 is 0. The first-order valence-electron chi connectivity index (χ1n) is 11.7. The van der Waals surface area contributed by atoms with Gasteiger partial charge in [-0.25, -0.2) is 4.39 Å². The van der Waals surface area contributed by atoms with Crippen LogP contribution in [0.15, 0.2) is 29.3 Å². The summed E-state index contributed by atoms with van der Waals surface area (Å²) in [4.78, 5) is 9.51. The van der Waals surface area contributed by atoms with E-state index in [-0.39, 0.29) is 29.8 Å². The number of aryl methyl sites for hydroxylation is 2. The molecule has 0 aliphatic carbocycles. The molecule has 9 heteroatoms. The molecule has 4 rings (SSSR count). The molecule has 176 valence electrons. The largest absolute Gasteiger partial charge is 0.368 e. The van der Waals surface area contributed by atoms with E-state index >= 15 is 0 Å². The second-order valence-electron chi connectivity index (χ2n) is 8.28. The van der Waals surface area contributed by atoms with Crippen LogP contribution in [0.4, 0.5) is 10.1 Å². The zero-order valence-corrected chi connectivity index (χ0v) is 21.3. The molecule has 1 N–H and O–H groups in total. The van der Waals surface area contributed by atoms with Crippen LogP contribution in [0.5, 0.6) is 0 Å². The molecule has 0 amide bonds. The van der Waals surface area contributed by atoms with Crippen molar-refractivity contribution in [2.24, 2.45) is 4.99 Å². The minimum atomic E-state index is -0.189. The van der Waals surface area contributed by atoms with Crippen molar-refractivity contribution in [2.45, 2.75) is 52.0 Å². The van der Waals surface area contributed by atoms with Crippen molar-refractivity contribution in [3.8, 4) is 0 Å². The van der Waals surface area contributed by atoms with Crippen molar-refractivity contribution in [1.29, 1.82) is 0 Å². The number of guanidine groups is 1. The molecule has 2 aliphatic rings. The molecule has 0 radical (unpaired) electrons. The Labute approximate surface area is 207 Å². The number of hydrogen-bond acceptors (Lipinski definition) is 4. The Morgan fingerprint density at radius 3 is 2.56 bits per heavy atom.